The Kier molecular flexibility index (Phi) is 9.89. The highest BCUT2D eigenvalue weighted by molar-refractivity contribution is 7.80. The first-order chi connectivity index (χ1) is 16.1. The number of carboxylic acids is 2. The molecule has 0 spiro atoms. The van der Waals surface area contributed by atoms with Crippen LogP contribution in [-0.2, 0) is 30.4 Å². The lowest BCUT2D eigenvalue weighted by molar-refractivity contribution is -0.139. The summed E-state index contributed by atoms with van der Waals surface area (Å²) in [5.74, 6) is -4.67. The van der Waals surface area contributed by atoms with Crippen molar-refractivity contribution in [2.75, 3.05) is 12.3 Å². The van der Waals surface area contributed by atoms with Gasteiger partial charge in [0.2, 0.25) is 17.7 Å². The van der Waals surface area contributed by atoms with Gasteiger partial charge in [-0.25, -0.2) is 0 Å². The second-order valence-corrected chi connectivity index (χ2v) is 7.88. The van der Waals surface area contributed by atoms with Crippen molar-refractivity contribution in [1.29, 1.82) is 0 Å². The van der Waals surface area contributed by atoms with Crippen molar-refractivity contribution in [3.8, 4) is 0 Å². The summed E-state index contributed by atoms with van der Waals surface area (Å²) in [6.07, 6.45) is 1.30. The lowest BCUT2D eigenvalue weighted by atomic mass is 10.0. The van der Waals surface area contributed by atoms with Crippen molar-refractivity contribution in [2.45, 2.75) is 37.4 Å². The number of aromatic nitrogens is 1. The molecule has 3 atom stereocenters. The number of benzene rings is 1. The summed E-state index contributed by atoms with van der Waals surface area (Å²) in [7, 11) is 0. The number of carboxylic acid groups (broad SMARTS) is 2. The zero-order valence-corrected chi connectivity index (χ0v) is 19.0. The Morgan fingerprint density at radius 3 is 2.29 bits per heavy atom. The van der Waals surface area contributed by atoms with Gasteiger partial charge in [0.15, 0.2) is 0 Å². The number of H-pyrrole nitrogens is 1. The van der Waals surface area contributed by atoms with Gasteiger partial charge in [0, 0.05) is 35.7 Å². The molecule has 0 aliphatic rings. The lowest BCUT2D eigenvalue weighted by Crippen LogP contribution is -2.57. The van der Waals surface area contributed by atoms with Crippen LogP contribution >= 0.6 is 12.6 Å². The molecule has 184 valence electrons. The minimum Gasteiger partial charge on any atom is -0.481 e. The van der Waals surface area contributed by atoms with E-state index in [-0.39, 0.29) is 25.0 Å². The van der Waals surface area contributed by atoms with Gasteiger partial charge in [-0.15, -0.1) is 0 Å². The van der Waals surface area contributed by atoms with Crippen molar-refractivity contribution in [1.82, 2.24) is 20.9 Å². The summed E-state index contributed by atoms with van der Waals surface area (Å²) in [6, 6.07) is 3.88. The van der Waals surface area contributed by atoms with E-state index in [0.717, 1.165) is 10.9 Å². The van der Waals surface area contributed by atoms with Gasteiger partial charge in [-0.3, -0.25) is 24.0 Å². The van der Waals surface area contributed by atoms with Gasteiger partial charge in [0.05, 0.1) is 6.04 Å². The quantitative estimate of drug-likeness (QED) is 0.162. The van der Waals surface area contributed by atoms with Crippen LogP contribution in [0.5, 0.6) is 0 Å². The predicted octanol–water partition coefficient (Wildman–Crippen LogP) is -0.997. The number of nitrogens with one attached hydrogen (secondary N) is 4. The molecule has 3 amide bonds. The second kappa shape index (κ2) is 12.6. The average molecular weight is 494 g/mol. The fourth-order valence-electron chi connectivity index (χ4n) is 3.17. The standard InChI is InChI=1S/C21H27N5O7S/c22-13(5-6-17(27)28)19(31)26-16(10-34)21(33)25-15(20(32)24-9-18(29)30)7-11-8-23-14-4-2-1-3-12(11)14/h1-4,8,13,15-16,23,34H,5-7,9-10,22H2,(H,24,32)(H,25,33)(H,26,31)(H,27,28)(H,29,30). The molecular weight excluding hydrogens is 466 g/mol. The molecule has 0 aliphatic carbocycles. The maximum Gasteiger partial charge on any atom is 0.322 e. The monoisotopic (exact) mass is 493 g/mol. The van der Waals surface area contributed by atoms with Gasteiger partial charge >= 0.3 is 11.9 Å². The number of aromatic amines is 1. The number of rotatable bonds is 13. The van der Waals surface area contributed by atoms with Crippen molar-refractivity contribution in [3.63, 3.8) is 0 Å². The minimum absolute atomic E-state index is 0.0482. The van der Waals surface area contributed by atoms with E-state index in [1.165, 1.54) is 0 Å². The molecule has 13 heteroatoms. The van der Waals surface area contributed by atoms with Crippen LogP contribution in [0.4, 0.5) is 0 Å². The zero-order valence-electron chi connectivity index (χ0n) is 18.1. The van der Waals surface area contributed by atoms with Crippen LogP contribution in [0, 0.1) is 0 Å². The Hall–Kier alpha value is -3.58. The molecular formula is C21H27N5O7S. The van der Waals surface area contributed by atoms with E-state index in [1.807, 2.05) is 24.3 Å². The largest absolute Gasteiger partial charge is 0.481 e. The summed E-state index contributed by atoms with van der Waals surface area (Å²) in [5, 5.41) is 25.6. The summed E-state index contributed by atoms with van der Waals surface area (Å²) >= 11 is 4.07. The highest BCUT2D eigenvalue weighted by Gasteiger charge is 2.28. The third-order valence-electron chi connectivity index (χ3n) is 4.97. The normalized spacial score (nSPS) is 13.5. The van der Waals surface area contributed by atoms with Crippen molar-refractivity contribution < 1.29 is 34.2 Å². The molecule has 0 saturated heterocycles. The third kappa shape index (κ3) is 7.78. The summed E-state index contributed by atoms with van der Waals surface area (Å²) in [6.45, 7) is -0.635. The maximum absolute atomic E-state index is 12.8. The van der Waals surface area contributed by atoms with Gasteiger partial charge in [-0.1, -0.05) is 18.2 Å². The van der Waals surface area contributed by atoms with E-state index in [1.54, 1.807) is 6.20 Å². The third-order valence-corrected chi connectivity index (χ3v) is 5.33. The van der Waals surface area contributed by atoms with Gasteiger partial charge in [-0.05, 0) is 18.1 Å². The number of para-hydroxylation sites is 1. The van der Waals surface area contributed by atoms with E-state index in [0.29, 0.717) is 5.56 Å². The second-order valence-electron chi connectivity index (χ2n) is 7.52. The van der Waals surface area contributed by atoms with Crippen LogP contribution in [0.3, 0.4) is 0 Å². The number of aliphatic carboxylic acids is 2. The molecule has 1 aromatic carbocycles. The number of hydrogen-bond acceptors (Lipinski definition) is 7. The first-order valence-corrected chi connectivity index (χ1v) is 11.0. The number of hydrogen-bond donors (Lipinski definition) is 8. The topological polar surface area (TPSA) is 204 Å². The van der Waals surface area contributed by atoms with Crippen molar-refractivity contribution >= 4 is 53.2 Å². The highest BCUT2D eigenvalue weighted by atomic mass is 32.1. The van der Waals surface area contributed by atoms with Crippen LogP contribution in [0.1, 0.15) is 18.4 Å². The molecule has 1 heterocycles. The van der Waals surface area contributed by atoms with Gasteiger partial charge in [-0.2, -0.15) is 12.6 Å². The molecule has 1 aromatic heterocycles. The molecule has 0 saturated carbocycles. The molecule has 0 fully saturated rings. The van der Waals surface area contributed by atoms with Crippen LogP contribution in [0.15, 0.2) is 30.5 Å². The van der Waals surface area contributed by atoms with Crippen LogP contribution in [0.25, 0.3) is 10.9 Å². The van der Waals surface area contributed by atoms with Gasteiger partial charge < -0.3 is 36.9 Å². The Labute approximate surface area is 200 Å². The van der Waals surface area contributed by atoms with Crippen molar-refractivity contribution in [3.05, 3.63) is 36.0 Å². The number of thiol groups is 1. The molecule has 12 nitrogen and oxygen atoms in total. The number of fused-ring (bicyclic) bond motifs is 1. The van der Waals surface area contributed by atoms with E-state index in [4.69, 9.17) is 15.9 Å². The molecule has 2 rings (SSSR count). The number of amides is 3. The summed E-state index contributed by atoms with van der Waals surface area (Å²) < 4.78 is 0. The highest BCUT2D eigenvalue weighted by Crippen LogP contribution is 2.19. The SMILES string of the molecule is NC(CCC(=O)O)C(=O)NC(CS)C(=O)NC(Cc1c[nH]c2ccccc12)C(=O)NCC(=O)O. The fraction of sp³-hybridized carbons (Fsp3) is 0.381. The first-order valence-electron chi connectivity index (χ1n) is 10.4. The van der Waals surface area contributed by atoms with Crippen molar-refractivity contribution in [2.24, 2.45) is 5.73 Å². The molecule has 3 unspecified atom stereocenters. The predicted molar refractivity (Wildman–Crippen MR) is 125 cm³/mol. The number of carbonyl (C=O) groups is 5. The molecule has 2 aromatic rings. The van der Waals surface area contributed by atoms with E-state index >= 15 is 0 Å². The molecule has 0 aliphatic heterocycles. The number of carbonyl (C=O) groups excluding carboxylic acids is 3. The van der Waals surface area contributed by atoms with Crippen LogP contribution < -0.4 is 21.7 Å². The summed E-state index contributed by atoms with van der Waals surface area (Å²) in [4.78, 5) is 62.3. The Morgan fingerprint density at radius 2 is 1.65 bits per heavy atom. The molecule has 34 heavy (non-hydrogen) atoms. The Morgan fingerprint density at radius 1 is 0.971 bits per heavy atom. The smallest absolute Gasteiger partial charge is 0.322 e. The average Bonchev–Trinajstić information content (AvgIpc) is 3.21. The van der Waals surface area contributed by atoms with Gasteiger partial charge in [0.1, 0.15) is 18.6 Å². The number of nitrogens with two attached hydrogens (primary N) is 1. The molecule has 0 radical (unpaired) electrons. The van der Waals surface area contributed by atoms with E-state index in [2.05, 4.69) is 33.6 Å². The Balaban J connectivity index is 2.13. The van der Waals surface area contributed by atoms with Gasteiger partial charge in [0.25, 0.3) is 0 Å². The van der Waals surface area contributed by atoms with Crippen LogP contribution in [-0.4, -0.2) is 75.3 Å². The lowest BCUT2D eigenvalue weighted by Gasteiger charge is -2.23. The summed E-state index contributed by atoms with van der Waals surface area (Å²) in [5.41, 5.74) is 7.21. The first kappa shape index (κ1) is 26.7. The van der Waals surface area contributed by atoms with E-state index < -0.39 is 54.3 Å². The van der Waals surface area contributed by atoms with E-state index in [9.17, 15) is 24.0 Å². The Bertz CT molecular complexity index is 1060. The van der Waals surface area contributed by atoms with Crippen LogP contribution in [0.2, 0.25) is 0 Å². The molecule has 0 bridgehead atoms. The zero-order chi connectivity index (χ0) is 25.3. The maximum atomic E-state index is 12.8. The fourth-order valence-corrected chi connectivity index (χ4v) is 3.43. The molecule has 8 N–H and O–H groups in total. The minimum atomic E-state index is -1.25.